The molecule has 2 aliphatic rings. The summed E-state index contributed by atoms with van der Waals surface area (Å²) >= 11 is 1.47. The Morgan fingerprint density at radius 3 is 2.85 bits per heavy atom. The monoisotopic (exact) mass is 382 g/mol. The summed E-state index contributed by atoms with van der Waals surface area (Å²) in [6, 6.07) is 12.4. The second-order valence-corrected chi connectivity index (χ2v) is 8.55. The van der Waals surface area contributed by atoms with E-state index >= 15 is 0 Å². The van der Waals surface area contributed by atoms with Crippen molar-refractivity contribution in [2.24, 2.45) is 5.92 Å². The molecule has 5 heteroatoms. The van der Waals surface area contributed by atoms with Crippen molar-refractivity contribution < 1.29 is 9.59 Å². The Hall–Kier alpha value is -2.14. The largest absolute Gasteiger partial charge is 0.355 e. The van der Waals surface area contributed by atoms with Gasteiger partial charge in [0.1, 0.15) is 0 Å². The maximum Gasteiger partial charge on any atom is 0.263 e. The lowest BCUT2D eigenvalue weighted by Crippen LogP contribution is -2.46. The fraction of sp³-hybridized carbons (Fsp3) is 0.455. The van der Waals surface area contributed by atoms with Gasteiger partial charge in [0.2, 0.25) is 5.91 Å². The molecule has 1 aromatic heterocycles. The van der Waals surface area contributed by atoms with E-state index in [-0.39, 0.29) is 17.7 Å². The van der Waals surface area contributed by atoms with E-state index in [0.717, 1.165) is 37.1 Å². The highest BCUT2D eigenvalue weighted by Gasteiger charge is 2.30. The first kappa shape index (κ1) is 18.2. The molecule has 1 fully saturated rings. The van der Waals surface area contributed by atoms with Crippen LogP contribution in [0.2, 0.25) is 0 Å². The molecule has 2 atom stereocenters. The number of carbonyl (C=O) groups is 2. The Kier molecular flexibility index (Phi) is 5.58. The molecule has 1 aliphatic heterocycles. The Labute approximate surface area is 164 Å². The minimum atomic E-state index is -0.0958. The molecule has 2 aromatic rings. The predicted octanol–water partition coefficient (Wildman–Crippen LogP) is 3.84. The Balaban J connectivity index is 1.34. The van der Waals surface area contributed by atoms with Crippen molar-refractivity contribution in [2.45, 2.75) is 38.0 Å². The number of aryl methyl sites for hydroxylation is 1. The molecule has 0 radical (unpaired) electrons. The van der Waals surface area contributed by atoms with Crippen molar-refractivity contribution in [1.82, 2.24) is 10.2 Å². The predicted molar refractivity (Wildman–Crippen MR) is 108 cm³/mol. The number of amides is 2. The average molecular weight is 383 g/mol. The summed E-state index contributed by atoms with van der Waals surface area (Å²) in [7, 11) is 0. The number of rotatable bonds is 4. The zero-order valence-electron chi connectivity index (χ0n) is 15.5. The van der Waals surface area contributed by atoms with Gasteiger partial charge >= 0.3 is 0 Å². The highest BCUT2D eigenvalue weighted by molar-refractivity contribution is 7.12. The number of fused-ring (bicyclic) bond motifs is 1. The highest BCUT2D eigenvalue weighted by atomic mass is 32.1. The maximum absolute atomic E-state index is 12.8. The van der Waals surface area contributed by atoms with Crippen molar-refractivity contribution in [1.29, 1.82) is 0 Å². The standard InChI is InChI=1S/C22H26N2O2S/c25-21(23-14-17-8-3-7-16-6-1-2-10-19(16)17)18-9-4-12-24(15-18)22(26)20-11-5-13-27-20/h1-2,5-6,10-11,13,17-18H,3-4,7-9,12,14-15H2,(H,23,25)/t17-,18-/m1/s1. The molecule has 0 spiro atoms. The third-order valence-corrected chi connectivity index (χ3v) is 6.69. The molecule has 27 heavy (non-hydrogen) atoms. The van der Waals surface area contributed by atoms with Crippen LogP contribution in [-0.2, 0) is 11.2 Å². The number of hydrogen-bond donors (Lipinski definition) is 1. The summed E-state index contributed by atoms with van der Waals surface area (Å²) < 4.78 is 0. The van der Waals surface area contributed by atoms with Crippen molar-refractivity contribution in [3.8, 4) is 0 Å². The van der Waals surface area contributed by atoms with Crippen LogP contribution in [0, 0.1) is 5.92 Å². The molecular weight excluding hydrogens is 356 g/mol. The molecule has 2 heterocycles. The lowest BCUT2D eigenvalue weighted by Gasteiger charge is -2.32. The van der Waals surface area contributed by atoms with E-state index in [9.17, 15) is 9.59 Å². The normalized spacial score (nSPS) is 22.1. The van der Waals surface area contributed by atoms with Crippen LogP contribution in [0.4, 0.5) is 0 Å². The summed E-state index contributed by atoms with van der Waals surface area (Å²) in [5, 5.41) is 5.10. The molecule has 0 saturated carbocycles. The molecule has 2 amide bonds. The van der Waals surface area contributed by atoms with Gasteiger partial charge in [0, 0.05) is 25.6 Å². The van der Waals surface area contributed by atoms with E-state index < -0.39 is 0 Å². The number of benzene rings is 1. The quantitative estimate of drug-likeness (QED) is 0.873. The Morgan fingerprint density at radius 1 is 1.11 bits per heavy atom. The van der Waals surface area contributed by atoms with Gasteiger partial charge in [-0.1, -0.05) is 30.3 Å². The first-order valence-corrected chi connectivity index (χ1v) is 10.8. The first-order valence-electron chi connectivity index (χ1n) is 9.90. The van der Waals surface area contributed by atoms with Crippen molar-refractivity contribution in [3.63, 3.8) is 0 Å². The molecule has 1 aromatic carbocycles. The summed E-state index contributed by atoms with van der Waals surface area (Å²) in [5.74, 6) is 0.471. The van der Waals surface area contributed by atoms with Gasteiger partial charge in [-0.25, -0.2) is 0 Å². The molecule has 0 bridgehead atoms. The van der Waals surface area contributed by atoms with Crippen LogP contribution >= 0.6 is 11.3 Å². The van der Waals surface area contributed by atoms with E-state index in [1.54, 1.807) is 0 Å². The molecule has 1 N–H and O–H groups in total. The number of nitrogens with one attached hydrogen (secondary N) is 1. The molecule has 0 unspecified atom stereocenters. The molecule has 142 valence electrons. The average Bonchev–Trinajstić information content (AvgIpc) is 3.26. The van der Waals surface area contributed by atoms with Crippen molar-refractivity contribution in [3.05, 3.63) is 57.8 Å². The van der Waals surface area contributed by atoms with Crippen molar-refractivity contribution >= 4 is 23.2 Å². The smallest absolute Gasteiger partial charge is 0.263 e. The van der Waals surface area contributed by atoms with Gasteiger partial charge in [0.05, 0.1) is 10.8 Å². The van der Waals surface area contributed by atoms with E-state index in [1.807, 2.05) is 22.4 Å². The number of carbonyl (C=O) groups excluding carboxylic acids is 2. The number of hydrogen-bond acceptors (Lipinski definition) is 3. The summed E-state index contributed by atoms with van der Waals surface area (Å²) in [6.07, 6.45) is 5.21. The van der Waals surface area contributed by atoms with Gasteiger partial charge < -0.3 is 10.2 Å². The van der Waals surface area contributed by atoms with Crippen molar-refractivity contribution in [2.75, 3.05) is 19.6 Å². The lowest BCUT2D eigenvalue weighted by atomic mass is 9.82. The van der Waals surface area contributed by atoms with E-state index in [0.29, 0.717) is 19.0 Å². The third-order valence-electron chi connectivity index (χ3n) is 5.83. The summed E-state index contributed by atoms with van der Waals surface area (Å²) in [4.78, 5) is 27.9. The second-order valence-electron chi connectivity index (χ2n) is 7.60. The van der Waals surface area contributed by atoms with Gasteiger partial charge in [-0.05, 0) is 54.7 Å². The highest BCUT2D eigenvalue weighted by Crippen LogP contribution is 2.31. The second kappa shape index (κ2) is 8.26. The van der Waals surface area contributed by atoms with Gasteiger partial charge in [-0.15, -0.1) is 11.3 Å². The van der Waals surface area contributed by atoms with Crippen LogP contribution in [0.5, 0.6) is 0 Å². The van der Waals surface area contributed by atoms with Crippen LogP contribution in [-0.4, -0.2) is 36.3 Å². The van der Waals surface area contributed by atoms with E-state index in [1.165, 1.54) is 28.9 Å². The summed E-state index contributed by atoms with van der Waals surface area (Å²) in [6.45, 7) is 1.98. The molecular formula is C22H26N2O2S. The van der Waals surface area contributed by atoms with Crippen LogP contribution < -0.4 is 5.32 Å². The van der Waals surface area contributed by atoms with Gasteiger partial charge in [0.15, 0.2) is 0 Å². The molecule has 1 saturated heterocycles. The molecule has 1 aliphatic carbocycles. The number of nitrogens with zero attached hydrogens (tertiary/aromatic N) is 1. The minimum absolute atomic E-state index is 0.0590. The fourth-order valence-corrected chi connectivity index (χ4v) is 5.06. The van der Waals surface area contributed by atoms with Gasteiger partial charge in [0.25, 0.3) is 5.91 Å². The van der Waals surface area contributed by atoms with Crippen LogP contribution in [0.1, 0.15) is 52.4 Å². The third kappa shape index (κ3) is 4.08. The molecule has 4 rings (SSSR count). The van der Waals surface area contributed by atoms with Crippen LogP contribution in [0.25, 0.3) is 0 Å². The topological polar surface area (TPSA) is 49.4 Å². The lowest BCUT2D eigenvalue weighted by molar-refractivity contribution is -0.126. The fourth-order valence-electron chi connectivity index (χ4n) is 4.37. The van der Waals surface area contributed by atoms with Crippen LogP contribution in [0.3, 0.4) is 0 Å². The Bertz CT molecular complexity index is 802. The Morgan fingerprint density at radius 2 is 2.00 bits per heavy atom. The summed E-state index contributed by atoms with van der Waals surface area (Å²) in [5.41, 5.74) is 2.82. The van der Waals surface area contributed by atoms with Gasteiger partial charge in [-0.2, -0.15) is 0 Å². The number of likely N-dealkylation sites (tertiary alicyclic amines) is 1. The minimum Gasteiger partial charge on any atom is -0.355 e. The van der Waals surface area contributed by atoms with E-state index in [2.05, 4.69) is 29.6 Å². The van der Waals surface area contributed by atoms with Gasteiger partial charge in [-0.3, -0.25) is 9.59 Å². The number of thiophene rings is 1. The SMILES string of the molecule is O=C(NC[C@H]1CCCc2ccccc21)[C@@H]1CCCN(C(=O)c2cccs2)C1. The van der Waals surface area contributed by atoms with Crippen LogP contribution in [0.15, 0.2) is 41.8 Å². The van der Waals surface area contributed by atoms with E-state index in [4.69, 9.17) is 0 Å². The maximum atomic E-state index is 12.8. The first-order chi connectivity index (χ1) is 13.2. The number of piperidine rings is 1. The molecule has 4 nitrogen and oxygen atoms in total. The zero-order valence-corrected chi connectivity index (χ0v) is 16.3. The zero-order chi connectivity index (χ0) is 18.6.